The van der Waals surface area contributed by atoms with Crippen molar-refractivity contribution in [1.82, 2.24) is 10.2 Å². The minimum atomic E-state index is 0.769. The molecule has 3 aliphatic rings. The average Bonchev–Trinajstić information content (AvgIpc) is 2.82. The molecule has 0 unspecified atom stereocenters. The van der Waals surface area contributed by atoms with E-state index >= 15 is 0 Å². The summed E-state index contributed by atoms with van der Waals surface area (Å²) in [5.74, 6) is 1.02. The van der Waals surface area contributed by atoms with Gasteiger partial charge in [0.2, 0.25) is 0 Å². The van der Waals surface area contributed by atoms with Gasteiger partial charge in [-0.15, -0.1) is 0 Å². The molecule has 3 aliphatic heterocycles. The van der Waals surface area contributed by atoms with Crippen molar-refractivity contribution in [2.45, 2.75) is 6.42 Å². The molecule has 0 bridgehead atoms. The smallest absolute Gasteiger partial charge is 0.140 e. The zero-order valence-electron chi connectivity index (χ0n) is 10.8. The number of nitrogens with one attached hydrogen (secondary N) is 1. The lowest BCUT2D eigenvalue weighted by Crippen LogP contribution is -2.31. The number of nitrogens with zero attached hydrogens (tertiary/aromatic N) is 2. The first-order valence-electron chi connectivity index (χ1n) is 6.66. The molecule has 1 aromatic carbocycles. The number of amidine groups is 1. The van der Waals surface area contributed by atoms with Crippen molar-refractivity contribution >= 4 is 23.0 Å². The van der Waals surface area contributed by atoms with Crippen LogP contribution < -0.4 is 5.32 Å². The Hall–Kier alpha value is -2.20. The zero-order chi connectivity index (χ0) is 13.5. The van der Waals surface area contributed by atoms with Crippen molar-refractivity contribution in [3.05, 3.63) is 71.2 Å². The van der Waals surface area contributed by atoms with Crippen molar-refractivity contribution in [2.24, 2.45) is 4.99 Å². The molecule has 0 aliphatic carbocycles. The predicted octanol–water partition coefficient (Wildman–Crippen LogP) is 2.73. The number of benzene rings is 1. The normalized spacial score (nSPS) is 20.2. The lowest BCUT2D eigenvalue weighted by molar-refractivity contribution is 0.565. The van der Waals surface area contributed by atoms with Gasteiger partial charge in [-0.2, -0.15) is 0 Å². The van der Waals surface area contributed by atoms with Crippen LogP contribution in [0.1, 0.15) is 12.0 Å². The van der Waals surface area contributed by atoms with Crippen LogP contribution in [0.25, 0.3) is 0 Å². The molecule has 98 valence electrons. The molecule has 1 aromatic rings. The second kappa shape index (κ2) is 4.42. The number of thiocarbonyl (C=S) groups is 1. The summed E-state index contributed by atoms with van der Waals surface area (Å²) < 4.78 is 0. The van der Waals surface area contributed by atoms with Crippen molar-refractivity contribution in [2.75, 3.05) is 6.54 Å². The summed E-state index contributed by atoms with van der Waals surface area (Å²) in [5.41, 5.74) is 4.70. The van der Waals surface area contributed by atoms with E-state index < -0.39 is 0 Å². The Bertz CT molecular complexity index is 710. The summed E-state index contributed by atoms with van der Waals surface area (Å²) in [4.78, 5) is 7.71. The minimum Gasteiger partial charge on any atom is -0.348 e. The highest BCUT2D eigenvalue weighted by Gasteiger charge is 2.31. The molecule has 0 aromatic heterocycles. The highest BCUT2D eigenvalue weighted by Crippen LogP contribution is 2.34. The molecule has 0 saturated heterocycles. The molecular weight excluding hydrogens is 266 g/mol. The van der Waals surface area contributed by atoms with Crippen LogP contribution in [-0.2, 0) is 0 Å². The van der Waals surface area contributed by atoms with Gasteiger partial charge in [0.25, 0.3) is 0 Å². The summed E-state index contributed by atoms with van der Waals surface area (Å²) in [6, 6.07) is 10.3. The van der Waals surface area contributed by atoms with Gasteiger partial charge < -0.3 is 10.2 Å². The maximum absolute atomic E-state index is 5.28. The van der Waals surface area contributed by atoms with Gasteiger partial charge >= 0.3 is 0 Å². The van der Waals surface area contributed by atoms with Gasteiger partial charge in [-0.1, -0.05) is 42.5 Å². The maximum Gasteiger partial charge on any atom is 0.140 e. The summed E-state index contributed by atoms with van der Waals surface area (Å²) in [5, 5.41) is 3.33. The van der Waals surface area contributed by atoms with Crippen LogP contribution in [0, 0.1) is 0 Å². The van der Waals surface area contributed by atoms with Gasteiger partial charge in [0.1, 0.15) is 10.8 Å². The average molecular weight is 279 g/mol. The largest absolute Gasteiger partial charge is 0.348 e. The van der Waals surface area contributed by atoms with E-state index in [1.807, 2.05) is 36.6 Å². The number of aliphatic imine (C=N–C) groups is 1. The van der Waals surface area contributed by atoms with E-state index in [4.69, 9.17) is 12.2 Å². The monoisotopic (exact) mass is 279 g/mol. The molecule has 0 spiro atoms. The molecule has 3 nitrogen and oxygen atoms in total. The molecular formula is C16H13N3S. The Morgan fingerprint density at radius 2 is 2.00 bits per heavy atom. The first-order valence-corrected chi connectivity index (χ1v) is 7.07. The van der Waals surface area contributed by atoms with Crippen LogP contribution in [0.4, 0.5) is 0 Å². The summed E-state index contributed by atoms with van der Waals surface area (Å²) >= 11 is 5.28. The molecule has 0 fully saturated rings. The quantitative estimate of drug-likeness (QED) is 0.801. The Balaban J connectivity index is 1.85. The number of hydrogen-bond acceptors (Lipinski definition) is 3. The number of hydrogen-bond donors (Lipinski definition) is 1. The Morgan fingerprint density at radius 3 is 2.85 bits per heavy atom. The van der Waals surface area contributed by atoms with E-state index in [0.29, 0.717) is 0 Å². The fourth-order valence-electron chi connectivity index (χ4n) is 2.84. The second-order valence-corrected chi connectivity index (χ2v) is 5.39. The lowest BCUT2D eigenvalue weighted by atomic mass is 10.1. The van der Waals surface area contributed by atoms with Crippen molar-refractivity contribution < 1.29 is 0 Å². The fourth-order valence-corrected chi connectivity index (χ4v) is 3.03. The van der Waals surface area contributed by atoms with Gasteiger partial charge in [-0.3, -0.25) is 0 Å². The highest BCUT2D eigenvalue weighted by atomic mass is 32.1. The van der Waals surface area contributed by atoms with E-state index in [9.17, 15) is 0 Å². The number of rotatable bonds is 1. The molecule has 0 saturated carbocycles. The van der Waals surface area contributed by atoms with Gasteiger partial charge in [0, 0.05) is 36.0 Å². The summed E-state index contributed by atoms with van der Waals surface area (Å²) in [7, 11) is 0. The van der Waals surface area contributed by atoms with E-state index in [2.05, 4.69) is 27.3 Å². The third-order valence-electron chi connectivity index (χ3n) is 3.72. The second-order valence-electron chi connectivity index (χ2n) is 4.95. The van der Waals surface area contributed by atoms with Gasteiger partial charge in [-0.05, 0) is 12.2 Å². The topological polar surface area (TPSA) is 27.6 Å². The first kappa shape index (κ1) is 11.6. The molecule has 0 radical (unpaired) electrons. The maximum atomic E-state index is 5.28. The molecule has 20 heavy (non-hydrogen) atoms. The van der Waals surface area contributed by atoms with Crippen LogP contribution in [0.3, 0.4) is 0 Å². The van der Waals surface area contributed by atoms with Crippen LogP contribution in [0.5, 0.6) is 0 Å². The van der Waals surface area contributed by atoms with E-state index in [1.54, 1.807) is 0 Å². The number of allylic oxidation sites excluding steroid dienone is 1. The van der Waals surface area contributed by atoms with Gasteiger partial charge in [0.15, 0.2) is 0 Å². The van der Waals surface area contributed by atoms with Crippen molar-refractivity contribution in [1.29, 1.82) is 0 Å². The van der Waals surface area contributed by atoms with E-state index in [1.165, 1.54) is 11.4 Å². The van der Waals surface area contributed by atoms with Crippen LogP contribution >= 0.6 is 12.2 Å². The molecule has 0 amide bonds. The van der Waals surface area contributed by atoms with Crippen LogP contribution in [0.2, 0.25) is 0 Å². The first-order chi connectivity index (χ1) is 9.83. The van der Waals surface area contributed by atoms with Crippen LogP contribution in [0.15, 0.2) is 70.6 Å². The molecule has 0 atom stereocenters. The Kier molecular flexibility index (Phi) is 2.57. The molecule has 1 N–H and O–H groups in total. The minimum absolute atomic E-state index is 0.769. The zero-order valence-corrected chi connectivity index (χ0v) is 11.7. The third-order valence-corrected chi connectivity index (χ3v) is 3.95. The van der Waals surface area contributed by atoms with Crippen molar-refractivity contribution in [3.8, 4) is 0 Å². The van der Waals surface area contributed by atoms with E-state index in [-0.39, 0.29) is 0 Å². The van der Waals surface area contributed by atoms with E-state index in [0.717, 1.165) is 34.9 Å². The standard InChI is InChI=1S/C16H13N3S/c20-14-7-6-12-10-17-16(11-4-2-1-3-5-11)19-9-8-13(18-14)15(12)19/h1-7,10H,8-9H2,(H,18,20). The third kappa shape index (κ3) is 1.72. The van der Waals surface area contributed by atoms with Crippen LogP contribution in [-0.4, -0.2) is 22.3 Å². The molecule has 4 rings (SSSR count). The SMILES string of the molecule is S=C1C=CC2=CN=C(c3ccccc3)N3CCC(=C23)N1. The summed E-state index contributed by atoms with van der Waals surface area (Å²) in [6.45, 7) is 0.944. The highest BCUT2D eigenvalue weighted by molar-refractivity contribution is 7.80. The molecule has 4 heteroatoms. The summed E-state index contributed by atoms with van der Waals surface area (Å²) in [6.07, 6.45) is 6.88. The van der Waals surface area contributed by atoms with Crippen molar-refractivity contribution in [3.63, 3.8) is 0 Å². The van der Waals surface area contributed by atoms with Gasteiger partial charge in [0.05, 0.1) is 5.70 Å². The molecule has 3 heterocycles. The predicted molar refractivity (Wildman–Crippen MR) is 84.3 cm³/mol. The Labute approximate surface area is 123 Å². The Morgan fingerprint density at radius 1 is 1.15 bits per heavy atom. The fraction of sp³-hybridized carbons (Fsp3) is 0.125. The lowest BCUT2D eigenvalue weighted by Gasteiger charge is -2.27. The van der Waals surface area contributed by atoms with Gasteiger partial charge in [-0.25, -0.2) is 4.99 Å².